The first-order chi connectivity index (χ1) is 15.5. The normalized spacial score (nSPS) is 16.2. The van der Waals surface area contributed by atoms with Gasteiger partial charge in [0.25, 0.3) is 0 Å². The third-order valence-corrected chi connectivity index (χ3v) is 6.09. The molecule has 1 amide bonds. The van der Waals surface area contributed by atoms with Gasteiger partial charge in [-0.1, -0.05) is 35.9 Å². The predicted molar refractivity (Wildman–Crippen MR) is 123 cm³/mol. The van der Waals surface area contributed by atoms with Crippen molar-refractivity contribution in [1.82, 2.24) is 9.55 Å². The number of para-hydroxylation sites is 2. The number of anilines is 1. The van der Waals surface area contributed by atoms with Crippen LogP contribution in [0.2, 0.25) is 5.02 Å². The quantitative estimate of drug-likeness (QED) is 0.409. The van der Waals surface area contributed by atoms with E-state index in [0.717, 1.165) is 22.4 Å². The number of benzene rings is 3. The van der Waals surface area contributed by atoms with E-state index in [1.807, 2.05) is 24.3 Å². The minimum Gasteiger partial charge on any atom is -0.495 e. The number of ether oxygens (including phenoxy) is 1. The molecular weight excluding hydrogens is 429 g/mol. The molecule has 7 heteroatoms. The summed E-state index contributed by atoms with van der Waals surface area (Å²) in [6.07, 6.45) is 0.336. The van der Waals surface area contributed by atoms with Crippen molar-refractivity contribution in [3.63, 3.8) is 0 Å². The highest BCUT2D eigenvalue weighted by Gasteiger charge is 2.36. The molecule has 1 fully saturated rings. The number of rotatable bonds is 5. The van der Waals surface area contributed by atoms with Crippen LogP contribution in [0.25, 0.3) is 11.0 Å². The monoisotopic (exact) mass is 449 g/mol. The average molecular weight is 450 g/mol. The smallest absolute Gasteiger partial charge is 0.227 e. The average Bonchev–Trinajstić information content (AvgIpc) is 3.36. The molecule has 1 saturated heterocycles. The van der Waals surface area contributed by atoms with Gasteiger partial charge in [-0.25, -0.2) is 9.37 Å². The van der Waals surface area contributed by atoms with E-state index >= 15 is 0 Å². The lowest BCUT2D eigenvalue weighted by molar-refractivity contribution is -0.117. The van der Waals surface area contributed by atoms with Gasteiger partial charge in [0.15, 0.2) is 0 Å². The van der Waals surface area contributed by atoms with E-state index in [0.29, 0.717) is 36.0 Å². The molecule has 0 N–H and O–H groups in total. The lowest BCUT2D eigenvalue weighted by Gasteiger charge is -2.20. The third kappa shape index (κ3) is 3.71. The van der Waals surface area contributed by atoms with Gasteiger partial charge in [-0.2, -0.15) is 0 Å². The van der Waals surface area contributed by atoms with E-state index < -0.39 is 0 Å². The number of fused-ring (bicyclic) bond motifs is 1. The van der Waals surface area contributed by atoms with Gasteiger partial charge in [-0.15, -0.1) is 0 Å². The Labute approximate surface area is 190 Å². The topological polar surface area (TPSA) is 47.4 Å². The lowest BCUT2D eigenvalue weighted by atomic mass is 10.1. The highest BCUT2D eigenvalue weighted by molar-refractivity contribution is 6.31. The fraction of sp³-hybridized carbons (Fsp3) is 0.200. The summed E-state index contributed by atoms with van der Waals surface area (Å²) in [5.74, 6) is 1.07. The zero-order chi connectivity index (χ0) is 22.2. The van der Waals surface area contributed by atoms with Crippen LogP contribution in [0, 0.1) is 5.82 Å². The van der Waals surface area contributed by atoms with Crippen LogP contribution in [-0.2, 0) is 11.3 Å². The summed E-state index contributed by atoms with van der Waals surface area (Å²) in [6, 6.07) is 19.6. The zero-order valence-electron chi connectivity index (χ0n) is 17.5. The van der Waals surface area contributed by atoms with Crippen LogP contribution in [0.5, 0.6) is 5.75 Å². The molecular formula is C25H21ClFN3O2. The second-order valence-electron chi connectivity index (χ2n) is 7.89. The van der Waals surface area contributed by atoms with E-state index in [9.17, 15) is 9.18 Å². The number of hydrogen-bond donors (Lipinski definition) is 0. The van der Waals surface area contributed by atoms with Crippen LogP contribution in [0.15, 0.2) is 66.7 Å². The lowest BCUT2D eigenvalue weighted by Crippen LogP contribution is -2.25. The maximum Gasteiger partial charge on any atom is 0.227 e. The first-order valence-electron chi connectivity index (χ1n) is 10.4. The molecule has 162 valence electrons. The second-order valence-corrected chi connectivity index (χ2v) is 8.33. The summed E-state index contributed by atoms with van der Waals surface area (Å²) in [5.41, 5.74) is 3.48. The SMILES string of the molecule is COc1ccc(Cl)cc1N1CC(c2nc3ccccc3n2Cc2ccc(F)cc2)CC1=O. The molecule has 0 saturated carbocycles. The van der Waals surface area contributed by atoms with Crippen molar-refractivity contribution in [2.24, 2.45) is 0 Å². The van der Waals surface area contributed by atoms with Crippen LogP contribution >= 0.6 is 11.6 Å². The zero-order valence-corrected chi connectivity index (χ0v) is 18.2. The molecule has 5 rings (SSSR count). The van der Waals surface area contributed by atoms with E-state index in [1.54, 1.807) is 42.3 Å². The molecule has 0 aliphatic carbocycles. The van der Waals surface area contributed by atoms with Crippen molar-refractivity contribution < 1.29 is 13.9 Å². The van der Waals surface area contributed by atoms with Gasteiger partial charge < -0.3 is 14.2 Å². The standard InChI is InChI=1S/C25H21ClFN3O2/c1-32-23-11-8-18(26)13-22(23)29-15-17(12-24(29)31)25-28-20-4-2-3-5-21(20)30(25)14-16-6-9-19(27)10-7-16/h2-11,13,17H,12,14-15H2,1H3. The molecule has 1 atom stereocenters. The number of imidazole rings is 1. The van der Waals surface area contributed by atoms with E-state index in [1.165, 1.54) is 12.1 Å². The molecule has 0 spiro atoms. The Hall–Kier alpha value is -3.38. The summed E-state index contributed by atoms with van der Waals surface area (Å²) < 4.78 is 21.0. The molecule has 1 aliphatic heterocycles. The summed E-state index contributed by atoms with van der Waals surface area (Å²) in [4.78, 5) is 19.6. The van der Waals surface area contributed by atoms with Crippen molar-refractivity contribution in [2.45, 2.75) is 18.9 Å². The number of amides is 1. The Morgan fingerprint density at radius 1 is 1.12 bits per heavy atom. The third-order valence-electron chi connectivity index (χ3n) is 5.86. The highest BCUT2D eigenvalue weighted by atomic mass is 35.5. The molecule has 4 aromatic rings. The first-order valence-corrected chi connectivity index (χ1v) is 10.7. The van der Waals surface area contributed by atoms with Crippen molar-refractivity contribution in [3.05, 3.63) is 89.0 Å². The van der Waals surface area contributed by atoms with Gasteiger partial charge in [0.2, 0.25) is 5.91 Å². The Balaban J connectivity index is 1.53. The number of hydrogen-bond acceptors (Lipinski definition) is 3. The first kappa shape index (κ1) is 20.5. The largest absolute Gasteiger partial charge is 0.495 e. The Morgan fingerprint density at radius 3 is 2.69 bits per heavy atom. The molecule has 32 heavy (non-hydrogen) atoms. The minimum atomic E-state index is -0.267. The summed E-state index contributed by atoms with van der Waals surface area (Å²) in [6.45, 7) is 1.02. The van der Waals surface area contributed by atoms with Crippen molar-refractivity contribution in [2.75, 3.05) is 18.6 Å². The molecule has 1 unspecified atom stereocenters. The molecule has 2 heterocycles. The van der Waals surface area contributed by atoms with Gasteiger partial charge in [-0.05, 0) is 48.0 Å². The van der Waals surface area contributed by atoms with E-state index in [4.69, 9.17) is 21.3 Å². The predicted octanol–water partition coefficient (Wildman–Crippen LogP) is 5.41. The number of aromatic nitrogens is 2. The fourth-order valence-electron chi connectivity index (χ4n) is 4.33. The van der Waals surface area contributed by atoms with Crippen LogP contribution in [-0.4, -0.2) is 29.1 Å². The number of carbonyl (C=O) groups is 1. The molecule has 0 bridgehead atoms. The van der Waals surface area contributed by atoms with E-state index in [-0.39, 0.29) is 17.6 Å². The maximum absolute atomic E-state index is 13.4. The summed E-state index contributed by atoms with van der Waals surface area (Å²) in [5, 5.41) is 0.542. The number of carbonyl (C=O) groups excluding carboxylic acids is 1. The molecule has 3 aromatic carbocycles. The Morgan fingerprint density at radius 2 is 1.91 bits per heavy atom. The highest BCUT2D eigenvalue weighted by Crippen LogP contribution is 2.38. The van der Waals surface area contributed by atoms with Gasteiger partial charge in [-0.3, -0.25) is 4.79 Å². The Kier molecular flexibility index (Phi) is 5.31. The maximum atomic E-state index is 13.4. The van der Waals surface area contributed by atoms with Crippen LogP contribution in [0.4, 0.5) is 10.1 Å². The Bertz CT molecular complexity index is 1300. The summed E-state index contributed by atoms with van der Waals surface area (Å²) in [7, 11) is 1.58. The van der Waals surface area contributed by atoms with Crippen molar-refractivity contribution >= 4 is 34.2 Å². The number of halogens is 2. The van der Waals surface area contributed by atoms with E-state index in [2.05, 4.69) is 4.57 Å². The van der Waals surface area contributed by atoms with Crippen molar-refractivity contribution in [1.29, 1.82) is 0 Å². The van der Waals surface area contributed by atoms with Gasteiger partial charge in [0, 0.05) is 30.5 Å². The van der Waals surface area contributed by atoms with Crippen molar-refractivity contribution in [3.8, 4) is 5.75 Å². The van der Waals surface area contributed by atoms with Gasteiger partial charge >= 0.3 is 0 Å². The van der Waals surface area contributed by atoms with Crippen LogP contribution < -0.4 is 9.64 Å². The fourth-order valence-corrected chi connectivity index (χ4v) is 4.50. The number of nitrogens with zero attached hydrogens (tertiary/aromatic N) is 3. The second kappa shape index (κ2) is 8.28. The van der Waals surface area contributed by atoms with Crippen LogP contribution in [0.1, 0.15) is 23.7 Å². The van der Waals surface area contributed by atoms with Crippen LogP contribution in [0.3, 0.4) is 0 Å². The molecule has 1 aromatic heterocycles. The molecule has 5 nitrogen and oxygen atoms in total. The van der Waals surface area contributed by atoms with Gasteiger partial charge in [0.1, 0.15) is 17.4 Å². The number of methoxy groups -OCH3 is 1. The molecule has 1 aliphatic rings. The summed E-state index contributed by atoms with van der Waals surface area (Å²) >= 11 is 6.20. The van der Waals surface area contributed by atoms with Gasteiger partial charge in [0.05, 0.1) is 23.8 Å². The molecule has 0 radical (unpaired) electrons. The minimum absolute atomic E-state index is 0.00375.